The summed E-state index contributed by atoms with van der Waals surface area (Å²) < 4.78 is 5.01. The van der Waals surface area contributed by atoms with Gasteiger partial charge in [-0.15, -0.1) is 0 Å². The van der Waals surface area contributed by atoms with Crippen molar-refractivity contribution in [1.29, 1.82) is 0 Å². The molecule has 0 aromatic carbocycles. The Balaban J connectivity index is 2.00. The molecule has 0 bridgehead atoms. The maximum atomic E-state index is 12.3. The zero-order chi connectivity index (χ0) is 13.7. The summed E-state index contributed by atoms with van der Waals surface area (Å²) in [6, 6.07) is 0.258. The predicted molar refractivity (Wildman–Crippen MR) is 73.8 cm³/mol. The number of carbonyl (C=O) groups is 1. The van der Waals surface area contributed by atoms with Crippen LogP contribution in [-0.4, -0.2) is 48.3 Å². The number of ether oxygens (including phenoxy) is 1. The Hall–Kier alpha value is -0.610. The van der Waals surface area contributed by atoms with Gasteiger partial charge in [-0.2, -0.15) is 0 Å². The van der Waals surface area contributed by atoms with Crippen molar-refractivity contribution >= 4 is 5.91 Å². The molecular formula is C15H27NO3. The fraction of sp³-hybridized carbons (Fsp3) is 0.933. The SMILES string of the molecule is COCCC(=O)N1CCCCC1C1CCCCC1O. The number of methoxy groups -OCH3 is 1. The average Bonchev–Trinajstić information content (AvgIpc) is 2.45. The van der Waals surface area contributed by atoms with Crippen LogP contribution in [0.1, 0.15) is 51.4 Å². The lowest BCUT2D eigenvalue weighted by Gasteiger charge is -2.43. The minimum absolute atomic E-state index is 0.198. The van der Waals surface area contributed by atoms with E-state index in [0.29, 0.717) is 18.9 Å². The van der Waals surface area contributed by atoms with Gasteiger partial charge in [-0.3, -0.25) is 4.79 Å². The molecule has 110 valence electrons. The minimum Gasteiger partial charge on any atom is -0.393 e. The summed E-state index contributed by atoms with van der Waals surface area (Å²) in [6.07, 6.45) is 7.88. The molecule has 0 aromatic rings. The maximum absolute atomic E-state index is 12.3. The van der Waals surface area contributed by atoms with E-state index in [2.05, 4.69) is 0 Å². The molecule has 4 nitrogen and oxygen atoms in total. The number of likely N-dealkylation sites (tertiary alicyclic amines) is 1. The summed E-state index contributed by atoms with van der Waals surface area (Å²) in [5.41, 5.74) is 0. The number of aliphatic hydroxyl groups is 1. The van der Waals surface area contributed by atoms with E-state index in [9.17, 15) is 9.90 Å². The minimum atomic E-state index is -0.213. The number of carbonyl (C=O) groups excluding carboxylic acids is 1. The summed E-state index contributed by atoms with van der Waals surface area (Å²) >= 11 is 0. The Morgan fingerprint density at radius 3 is 2.68 bits per heavy atom. The molecular weight excluding hydrogens is 242 g/mol. The Morgan fingerprint density at radius 2 is 1.95 bits per heavy atom. The highest BCUT2D eigenvalue weighted by molar-refractivity contribution is 5.76. The van der Waals surface area contributed by atoms with Crippen molar-refractivity contribution in [3.63, 3.8) is 0 Å². The lowest BCUT2D eigenvalue weighted by molar-refractivity contribution is -0.139. The molecule has 1 aliphatic carbocycles. The largest absolute Gasteiger partial charge is 0.393 e. The molecule has 4 heteroatoms. The Kier molecular flexibility index (Phi) is 5.64. The molecule has 2 rings (SSSR count). The predicted octanol–water partition coefficient (Wildman–Crippen LogP) is 1.96. The third-order valence-electron chi connectivity index (χ3n) is 4.67. The van der Waals surface area contributed by atoms with Crippen molar-refractivity contribution in [3.05, 3.63) is 0 Å². The smallest absolute Gasteiger partial charge is 0.225 e. The number of rotatable bonds is 4. The van der Waals surface area contributed by atoms with Gasteiger partial charge in [0.05, 0.1) is 19.1 Å². The van der Waals surface area contributed by atoms with Crippen LogP contribution in [0.2, 0.25) is 0 Å². The molecule has 1 amide bonds. The van der Waals surface area contributed by atoms with Crippen molar-refractivity contribution in [2.75, 3.05) is 20.3 Å². The summed E-state index contributed by atoms with van der Waals surface area (Å²) in [5.74, 6) is 0.491. The Morgan fingerprint density at radius 1 is 1.21 bits per heavy atom. The van der Waals surface area contributed by atoms with Crippen LogP contribution in [0.4, 0.5) is 0 Å². The highest BCUT2D eigenvalue weighted by atomic mass is 16.5. The van der Waals surface area contributed by atoms with Crippen LogP contribution in [0.25, 0.3) is 0 Å². The van der Waals surface area contributed by atoms with E-state index in [1.54, 1.807) is 7.11 Å². The van der Waals surface area contributed by atoms with E-state index in [4.69, 9.17) is 4.74 Å². The number of nitrogens with zero attached hydrogens (tertiary/aromatic N) is 1. The lowest BCUT2D eigenvalue weighted by Crippen LogP contribution is -2.51. The van der Waals surface area contributed by atoms with E-state index in [-0.39, 0.29) is 18.1 Å². The van der Waals surface area contributed by atoms with Gasteiger partial charge in [0.1, 0.15) is 0 Å². The van der Waals surface area contributed by atoms with E-state index in [1.807, 2.05) is 4.90 Å². The van der Waals surface area contributed by atoms with Crippen LogP contribution in [-0.2, 0) is 9.53 Å². The van der Waals surface area contributed by atoms with Crippen molar-refractivity contribution in [2.24, 2.45) is 5.92 Å². The summed E-state index contributed by atoms with van der Waals surface area (Å²) in [6.45, 7) is 1.35. The monoisotopic (exact) mass is 269 g/mol. The Labute approximate surface area is 116 Å². The molecule has 1 saturated carbocycles. The molecule has 2 aliphatic rings. The van der Waals surface area contributed by atoms with E-state index < -0.39 is 0 Å². The molecule has 1 N–H and O–H groups in total. The van der Waals surface area contributed by atoms with E-state index in [1.165, 1.54) is 12.8 Å². The molecule has 2 fully saturated rings. The molecule has 1 heterocycles. The van der Waals surface area contributed by atoms with Crippen LogP contribution < -0.4 is 0 Å². The van der Waals surface area contributed by atoms with Crippen molar-refractivity contribution in [3.8, 4) is 0 Å². The zero-order valence-corrected chi connectivity index (χ0v) is 12.0. The van der Waals surface area contributed by atoms with Gasteiger partial charge in [0, 0.05) is 25.6 Å². The fourth-order valence-corrected chi connectivity index (χ4v) is 3.63. The number of hydrogen-bond acceptors (Lipinski definition) is 3. The van der Waals surface area contributed by atoms with Gasteiger partial charge < -0.3 is 14.7 Å². The molecule has 3 atom stereocenters. The number of amides is 1. The van der Waals surface area contributed by atoms with Crippen LogP contribution in [0, 0.1) is 5.92 Å². The standard InChI is InChI=1S/C15H27NO3/c1-19-11-9-15(18)16-10-5-4-7-13(16)12-6-2-3-8-14(12)17/h12-14,17H,2-11H2,1H3. The molecule has 0 spiro atoms. The molecule has 0 radical (unpaired) electrons. The molecule has 1 saturated heterocycles. The van der Waals surface area contributed by atoms with Gasteiger partial charge in [-0.25, -0.2) is 0 Å². The van der Waals surface area contributed by atoms with Crippen LogP contribution in [0.3, 0.4) is 0 Å². The first-order chi connectivity index (χ1) is 9.24. The second-order valence-electron chi connectivity index (χ2n) is 5.91. The maximum Gasteiger partial charge on any atom is 0.225 e. The second kappa shape index (κ2) is 7.25. The quantitative estimate of drug-likeness (QED) is 0.848. The number of hydrogen-bond donors (Lipinski definition) is 1. The molecule has 3 unspecified atom stereocenters. The highest BCUT2D eigenvalue weighted by Crippen LogP contribution is 2.34. The van der Waals surface area contributed by atoms with Crippen LogP contribution >= 0.6 is 0 Å². The first-order valence-electron chi connectivity index (χ1n) is 7.70. The van der Waals surface area contributed by atoms with Gasteiger partial charge in [0.15, 0.2) is 0 Å². The lowest BCUT2D eigenvalue weighted by atomic mass is 9.78. The van der Waals surface area contributed by atoms with Gasteiger partial charge in [0.25, 0.3) is 0 Å². The highest BCUT2D eigenvalue weighted by Gasteiger charge is 2.37. The van der Waals surface area contributed by atoms with Gasteiger partial charge in [-0.05, 0) is 32.1 Å². The topological polar surface area (TPSA) is 49.8 Å². The average molecular weight is 269 g/mol. The van der Waals surface area contributed by atoms with Crippen molar-refractivity contribution in [2.45, 2.75) is 63.5 Å². The first kappa shape index (κ1) is 14.8. The van der Waals surface area contributed by atoms with E-state index >= 15 is 0 Å². The summed E-state index contributed by atoms with van der Waals surface area (Å²) in [5, 5.41) is 10.2. The van der Waals surface area contributed by atoms with Gasteiger partial charge >= 0.3 is 0 Å². The third-order valence-corrected chi connectivity index (χ3v) is 4.67. The second-order valence-corrected chi connectivity index (χ2v) is 5.91. The zero-order valence-electron chi connectivity index (χ0n) is 12.0. The van der Waals surface area contributed by atoms with Crippen molar-refractivity contribution in [1.82, 2.24) is 4.90 Å². The van der Waals surface area contributed by atoms with Crippen LogP contribution in [0.5, 0.6) is 0 Å². The van der Waals surface area contributed by atoms with Crippen molar-refractivity contribution < 1.29 is 14.6 Å². The first-order valence-corrected chi connectivity index (χ1v) is 7.70. The van der Waals surface area contributed by atoms with Crippen LogP contribution in [0.15, 0.2) is 0 Å². The van der Waals surface area contributed by atoms with E-state index in [0.717, 1.165) is 38.6 Å². The third kappa shape index (κ3) is 3.69. The normalized spacial score (nSPS) is 32.3. The molecule has 0 aromatic heterocycles. The molecule has 19 heavy (non-hydrogen) atoms. The van der Waals surface area contributed by atoms with Gasteiger partial charge in [-0.1, -0.05) is 12.8 Å². The Bertz CT molecular complexity index is 295. The number of piperidine rings is 1. The summed E-state index contributed by atoms with van der Waals surface area (Å²) in [4.78, 5) is 14.3. The summed E-state index contributed by atoms with van der Waals surface area (Å²) in [7, 11) is 1.63. The fourth-order valence-electron chi connectivity index (χ4n) is 3.63. The van der Waals surface area contributed by atoms with Gasteiger partial charge in [0.2, 0.25) is 5.91 Å². The number of aliphatic hydroxyl groups excluding tert-OH is 1. The molecule has 1 aliphatic heterocycles.